The number of rotatable bonds is 2. The smallest absolute Gasteiger partial charge is 0.253 e. The van der Waals surface area contributed by atoms with Gasteiger partial charge in [0.2, 0.25) is 0 Å². The minimum Gasteiger partial charge on any atom is -0.368 e. The number of piperazine rings is 1. The van der Waals surface area contributed by atoms with Gasteiger partial charge in [0.1, 0.15) is 0 Å². The van der Waals surface area contributed by atoms with Gasteiger partial charge in [-0.15, -0.1) is 0 Å². The highest BCUT2D eigenvalue weighted by molar-refractivity contribution is 5.94. The van der Waals surface area contributed by atoms with Gasteiger partial charge in [0.05, 0.1) is 0 Å². The van der Waals surface area contributed by atoms with Gasteiger partial charge >= 0.3 is 0 Å². The standard InChI is InChI=1S/C17H18N2O/c20-17(15-7-3-1-4-8-15)19-13-11-18(12-14-19)16-9-5-2-6-10-16/h1-10H,11-14H2. The topological polar surface area (TPSA) is 23.6 Å². The summed E-state index contributed by atoms with van der Waals surface area (Å²) in [5.41, 5.74) is 2.01. The zero-order chi connectivity index (χ0) is 13.8. The molecule has 1 fully saturated rings. The Balaban J connectivity index is 1.63. The molecule has 1 aliphatic rings. The molecule has 1 heterocycles. The molecule has 0 unspecified atom stereocenters. The average molecular weight is 266 g/mol. The van der Waals surface area contributed by atoms with Gasteiger partial charge in [0.15, 0.2) is 0 Å². The third-order valence-electron chi connectivity index (χ3n) is 3.71. The predicted molar refractivity (Wildman–Crippen MR) is 81.0 cm³/mol. The molecule has 3 heteroatoms. The fourth-order valence-electron chi connectivity index (χ4n) is 2.57. The Morgan fingerprint density at radius 1 is 0.750 bits per heavy atom. The van der Waals surface area contributed by atoms with Crippen molar-refractivity contribution in [2.75, 3.05) is 31.1 Å². The lowest BCUT2D eigenvalue weighted by Crippen LogP contribution is -2.48. The number of nitrogens with zero attached hydrogens (tertiary/aromatic N) is 2. The van der Waals surface area contributed by atoms with Gasteiger partial charge in [-0.3, -0.25) is 4.79 Å². The van der Waals surface area contributed by atoms with E-state index in [1.165, 1.54) is 5.69 Å². The number of carbonyl (C=O) groups is 1. The van der Waals surface area contributed by atoms with E-state index < -0.39 is 0 Å². The van der Waals surface area contributed by atoms with E-state index >= 15 is 0 Å². The Labute approximate surface area is 119 Å². The molecule has 1 amide bonds. The van der Waals surface area contributed by atoms with Gasteiger partial charge in [-0.25, -0.2) is 0 Å². The Kier molecular flexibility index (Phi) is 3.68. The molecule has 2 aromatic rings. The highest BCUT2D eigenvalue weighted by atomic mass is 16.2. The van der Waals surface area contributed by atoms with Crippen LogP contribution in [-0.2, 0) is 0 Å². The van der Waals surface area contributed by atoms with Crippen molar-refractivity contribution in [1.82, 2.24) is 4.90 Å². The van der Waals surface area contributed by atoms with Crippen molar-refractivity contribution in [3.63, 3.8) is 0 Å². The molecule has 1 aliphatic heterocycles. The zero-order valence-electron chi connectivity index (χ0n) is 11.4. The fraction of sp³-hybridized carbons (Fsp3) is 0.235. The summed E-state index contributed by atoms with van der Waals surface area (Å²) in [6, 6.07) is 19.9. The first-order chi connectivity index (χ1) is 9.84. The summed E-state index contributed by atoms with van der Waals surface area (Å²) >= 11 is 0. The molecule has 0 bridgehead atoms. The van der Waals surface area contributed by atoms with Crippen LogP contribution in [-0.4, -0.2) is 37.0 Å². The Bertz CT molecular complexity index is 560. The second kappa shape index (κ2) is 5.78. The van der Waals surface area contributed by atoms with Gasteiger partial charge in [-0.05, 0) is 24.3 Å². The molecule has 20 heavy (non-hydrogen) atoms. The molecule has 0 radical (unpaired) electrons. The van der Waals surface area contributed by atoms with Crippen molar-refractivity contribution in [3.8, 4) is 0 Å². The quantitative estimate of drug-likeness (QED) is 0.834. The number of carbonyl (C=O) groups excluding carboxylic acids is 1. The van der Waals surface area contributed by atoms with Crippen molar-refractivity contribution in [3.05, 3.63) is 66.2 Å². The summed E-state index contributed by atoms with van der Waals surface area (Å²) in [4.78, 5) is 16.6. The fourth-order valence-corrected chi connectivity index (χ4v) is 2.57. The maximum absolute atomic E-state index is 12.4. The van der Waals surface area contributed by atoms with E-state index in [1.807, 2.05) is 41.3 Å². The summed E-state index contributed by atoms with van der Waals surface area (Å²) in [5.74, 6) is 0.137. The number of hydrogen-bond acceptors (Lipinski definition) is 2. The predicted octanol–water partition coefficient (Wildman–Crippen LogP) is 2.65. The average Bonchev–Trinajstić information content (AvgIpc) is 2.56. The van der Waals surface area contributed by atoms with E-state index in [-0.39, 0.29) is 5.91 Å². The normalized spacial score (nSPS) is 15.2. The van der Waals surface area contributed by atoms with Crippen LogP contribution in [0, 0.1) is 0 Å². The molecule has 0 aliphatic carbocycles. The molecule has 3 nitrogen and oxygen atoms in total. The van der Waals surface area contributed by atoms with Crippen LogP contribution in [0.4, 0.5) is 5.69 Å². The second-order valence-corrected chi connectivity index (χ2v) is 4.98. The van der Waals surface area contributed by atoms with Crippen LogP contribution >= 0.6 is 0 Å². The minimum absolute atomic E-state index is 0.137. The number of hydrogen-bond donors (Lipinski definition) is 0. The van der Waals surface area contributed by atoms with Crippen molar-refractivity contribution in [2.24, 2.45) is 0 Å². The van der Waals surface area contributed by atoms with Gasteiger partial charge in [0.25, 0.3) is 5.91 Å². The summed E-state index contributed by atoms with van der Waals surface area (Å²) in [7, 11) is 0. The second-order valence-electron chi connectivity index (χ2n) is 4.98. The summed E-state index contributed by atoms with van der Waals surface area (Å²) in [6.45, 7) is 3.34. The van der Waals surface area contributed by atoms with E-state index in [0.717, 1.165) is 31.7 Å². The van der Waals surface area contributed by atoms with E-state index in [1.54, 1.807) is 0 Å². The van der Waals surface area contributed by atoms with Crippen LogP contribution in [0.3, 0.4) is 0 Å². The Morgan fingerprint density at radius 2 is 1.30 bits per heavy atom. The van der Waals surface area contributed by atoms with Crippen LogP contribution in [0.1, 0.15) is 10.4 Å². The van der Waals surface area contributed by atoms with Crippen LogP contribution in [0.15, 0.2) is 60.7 Å². The molecular formula is C17H18N2O. The summed E-state index contributed by atoms with van der Waals surface area (Å²) in [6.07, 6.45) is 0. The molecule has 0 atom stereocenters. The van der Waals surface area contributed by atoms with E-state index in [9.17, 15) is 4.79 Å². The minimum atomic E-state index is 0.137. The maximum Gasteiger partial charge on any atom is 0.253 e. The van der Waals surface area contributed by atoms with Crippen LogP contribution in [0.5, 0.6) is 0 Å². The highest BCUT2D eigenvalue weighted by Crippen LogP contribution is 2.16. The molecule has 0 saturated carbocycles. The Morgan fingerprint density at radius 3 is 1.90 bits per heavy atom. The van der Waals surface area contributed by atoms with Gasteiger partial charge < -0.3 is 9.80 Å². The molecule has 0 aromatic heterocycles. The third-order valence-corrected chi connectivity index (χ3v) is 3.71. The zero-order valence-corrected chi connectivity index (χ0v) is 11.4. The molecule has 102 valence electrons. The van der Waals surface area contributed by atoms with E-state index in [0.29, 0.717) is 0 Å². The lowest BCUT2D eigenvalue weighted by molar-refractivity contribution is 0.0747. The number of anilines is 1. The molecule has 2 aromatic carbocycles. The monoisotopic (exact) mass is 266 g/mol. The first-order valence-corrected chi connectivity index (χ1v) is 6.99. The molecule has 3 rings (SSSR count). The molecule has 0 N–H and O–H groups in total. The lowest BCUT2D eigenvalue weighted by Gasteiger charge is -2.36. The highest BCUT2D eigenvalue weighted by Gasteiger charge is 2.21. The summed E-state index contributed by atoms with van der Waals surface area (Å²) < 4.78 is 0. The molecule has 0 spiro atoms. The maximum atomic E-state index is 12.4. The number of para-hydroxylation sites is 1. The van der Waals surface area contributed by atoms with Crippen molar-refractivity contribution in [1.29, 1.82) is 0 Å². The molecular weight excluding hydrogens is 248 g/mol. The van der Waals surface area contributed by atoms with E-state index in [4.69, 9.17) is 0 Å². The van der Waals surface area contributed by atoms with Crippen LogP contribution in [0.2, 0.25) is 0 Å². The van der Waals surface area contributed by atoms with Crippen molar-refractivity contribution >= 4 is 11.6 Å². The van der Waals surface area contributed by atoms with Gasteiger partial charge in [-0.1, -0.05) is 36.4 Å². The van der Waals surface area contributed by atoms with Gasteiger partial charge in [0, 0.05) is 37.4 Å². The summed E-state index contributed by atoms with van der Waals surface area (Å²) in [5, 5.41) is 0. The van der Waals surface area contributed by atoms with Crippen LogP contribution < -0.4 is 4.90 Å². The first kappa shape index (κ1) is 12.7. The first-order valence-electron chi connectivity index (χ1n) is 6.99. The third kappa shape index (κ3) is 2.67. The van der Waals surface area contributed by atoms with E-state index in [2.05, 4.69) is 29.2 Å². The largest absolute Gasteiger partial charge is 0.368 e. The van der Waals surface area contributed by atoms with Crippen LogP contribution in [0.25, 0.3) is 0 Å². The lowest BCUT2D eigenvalue weighted by atomic mass is 10.1. The number of benzene rings is 2. The van der Waals surface area contributed by atoms with Crippen molar-refractivity contribution < 1.29 is 4.79 Å². The Hall–Kier alpha value is -2.29. The SMILES string of the molecule is O=C(c1ccccc1)N1CCN(c2ccccc2)CC1. The van der Waals surface area contributed by atoms with Gasteiger partial charge in [-0.2, -0.15) is 0 Å². The van der Waals surface area contributed by atoms with Crippen molar-refractivity contribution in [2.45, 2.75) is 0 Å². The number of amides is 1. The molecule has 1 saturated heterocycles.